The highest BCUT2D eigenvalue weighted by Crippen LogP contribution is 2.25. The van der Waals surface area contributed by atoms with Gasteiger partial charge in [0.25, 0.3) is 0 Å². The van der Waals surface area contributed by atoms with E-state index in [4.69, 9.17) is 0 Å². The summed E-state index contributed by atoms with van der Waals surface area (Å²) in [6.07, 6.45) is 2.35. The highest BCUT2D eigenvalue weighted by Gasteiger charge is 2.13. The zero-order valence-corrected chi connectivity index (χ0v) is 7.20. The zero-order chi connectivity index (χ0) is 7.49. The molecule has 0 aromatic rings. The van der Waals surface area contributed by atoms with Gasteiger partial charge in [0.15, 0.2) is 0 Å². The lowest BCUT2D eigenvalue weighted by Gasteiger charge is -2.21. The lowest BCUT2D eigenvalue weighted by atomic mass is 9.84. The second kappa shape index (κ2) is 3.24. The Hall–Kier alpha value is 0. The van der Waals surface area contributed by atoms with Gasteiger partial charge in [0, 0.05) is 0 Å². The molecule has 0 N–H and O–H groups in total. The highest BCUT2D eigenvalue weighted by molar-refractivity contribution is 4.66. The SMILES string of the molecule is [CH2]CC(C)CC(C)(C)C. The summed E-state index contributed by atoms with van der Waals surface area (Å²) in [5.41, 5.74) is 0.483. The van der Waals surface area contributed by atoms with E-state index in [9.17, 15) is 0 Å². The topological polar surface area (TPSA) is 0 Å². The molecule has 55 valence electrons. The molecule has 0 fully saturated rings. The molecule has 0 saturated heterocycles. The molecule has 0 aliphatic rings. The first-order chi connectivity index (χ1) is 3.95. The van der Waals surface area contributed by atoms with Gasteiger partial charge < -0.3 is 0 Å². The molecule has 0 spiro atoms. The molecule has 0 heteroatoms. The summed E-state index contributed by atoms with van der Waals surface area (Å²) < 4.78 is 0. The van der Waals surface area contributed by atoms with E-state index in [-0.39, 0.29) is 0 Å². The van der Waals surface area contributed by atoms with Crippen molar-refractivity contribution in [1.82, 2.24) is 0 Å². The van der Waals surface area contributed by atoms with Crippen LogP contribution in [0, 0.1) is 18.3 Å². The number of hydrogen-bond donors (Lipinski definition) is 0. The molecule has 9 heavy (non-hydrogen) atoms. The fourth-order valence-electron chi connectivity index (χ4n) is 1.15. The minimum atomic E-state index is 0.483. The first kappa shape index (κ1) is 9.00. The minimum Gasteiger partial charge on any atom is -0.0625 e. The molecule has 0 aliphatic heterocycles. The van der Waals surface area contributed by atoms with Crippen molar-refractivity contribution in [3.05, 3.63) is 6.92 Å². The second-order valence-electron chi connectivity index (χ2n) is 4.16. The Bertz CT molecular complexity index is 66.6. The molecule has 0 amide bonds. The van der Waals surface area contributed by atoms with E-state index in [1.807, 2.05) is 0 Å². The largest absolute Gasteiger partial charge is 0.0625 e. The molecule has 0 rings (SSSR count). The number of hydrogen-bond acceptors (Lipinski definition) is 0. The van der Waals surface area contributed by atoms with Gasteiger partial charge in [-0.05, 0) is 17.8 Å². The third-order valence-corrected chi connectivity index (χ3v) is 1.45. The van der Waals surface area contributed by atoms with Crippen molar-refractivity contribution in [3.8, 4) is 0 Å². The molecule has 1 atom stereocenters. The number of rotatable bonds is 2. The van der Waals surface area contributed by atoms with Crippen molar-refractivity contribution in [2.24, 2.45) is 11.3 Å². The van der Waals surface area contributed by atoms with Crippen LogP contribution >= 0.6 is 0 Å². The van der Waals surface area contributed by atoms with Crippen molar-refractivity contribution in [1.29, 1.82) is 0 Å². The van der Waals surface area contributed by atoms with Gasteiger partial charge in [-0.25, -0.2) is 0 Å². The van der Waals surface area contributed by atoms with Crippen LogP contribution in [0.15, 0.2) is 0 Å². The summed E-state index contributed by atoms with van der Waals surface area (Å²) in [5.74, 6) is 0.782. The van der Waals surface area contributed by atoms with E-state index in [1.165, 1.54) is 6.42 Å². The molecule has 1 unspecified atom stereocenters. The van der Waals surface area contributed by atoms with E-state index in [0.29, 0.717) is 5.41 Å². The maximum atomic E-state index is 3.87. The van der Waals surface area contributed by atoms with Gasteiger partial charge in [-0.1, -0.05) is 41.0 Å². The van der Waals surface area contributed by atoms with Gasteiger partial charge in [-0.15, -0.1) is 0 Å². The Labute approximate surface area is 59.7 Å². The average molecular weight is 127 g/mol. The van der Waals surface area contributed by atoms with Crippen LogP contribution in [0.4, 0.5) is 0 Å². The van der Waals surface area contributed by atoms with Gasteiger partial charge in [0.1, 0.15) is 0 Å². The van der Waals surface area contributed by atoms with Crippen LogP contribution in [0.3, 0.4) is 0 Å². The standard InChI is InChI=1S/C9H19/c1-6-8(2)7-9(3,4)5/h8H,1,6-7H2,2-5H3. The molecule has 0 aromatic heterocycles. The van der Waals surface area contributed by atoms with Crippen molar-refractivity contribution < 1.29 is 0 Å². The van der Waals surface area contributed by atoms with E-state index < -0.39 is 0 Å². The monoisotopic (exact) mass is 127 g/mol. The van der Waals surface area contributed by atoms with Crippen LogP contribution in [0.5, 0.6) is 0 Å². The summed E-state index contributed by atoms with van der Waals surface area (Å²) in [5, 5.41) is 0. The van der Waals surface area contributed by atoms with Gasteiger partial charge in [-0.3, -0.25) is 0 Å². The van der Waals surface area contributed by atoms with Crippen LogP contribution in [-0.2, 0) is 0 Å². The molecule has 0 heterocycles. The summed E-state index contributed by atoms with van der Waals surface area (Å²) in [6, 6.07) is 0. The van der Waals surface area contributed by atoms with Crippen molar-refractivity contribution >= 4 is 0 Å². The molecule has 0 aromatic carbocycles. The van der Waals surface area contributed by atoms with Crippen LogP contribution in [0.2, 0.25) is 0 Å². The fraction of sp³-hybridized carbons (Fsp3) is 0.889. The van der Waals surface area contributed by atoms with E-state index in [2.05, 4.69) is 34.6 Å². The molecular formula is C9H19. The van der Waals surface area contributed by atoms with E-state index >= 15 is 0 Å². The molecule has 0 saturated carbocycles. The Balaban J connectivity index is 3.47. The molecular weight excluding hydrogens is 108 g/mol. The highest BCUT2D eigenvalue weighted by atomic mass is 14.2. The average Bonchev–Trinajstić information content (AvgIpc) is 1.62. The summed E-state index contributed by atoms with van der Waals surface area (Å²) >= 11 is 0. The lowest BCUT2D eigenvalue weighted by Crippen LogP contribution is -2.09. The van der Waals surface area contributed by atoms with Crippen LogP contribution < -0.4 is 0 Å². The van der Waals surface area contributed by atoms with Crippen LogP contribution in [0.25, 0.3) is 0 Å². The molecule has 1 radical (unpaired) electrons. The lowest BCUT2D eigenvalue weighted by molar-refractivity contribution is 0.308. The van der Waals surface area contributed by atoms with Crippen molar-refractivity contribution in [2.75, 3.05) is 0 Å². The molecule has 0 bridgehead atoms. The quantitative estimate of drug-likeness (QED) is 0.534. The Kier molecular flexibility index (Phi) is 3.24. The van der Waals surface area contributed by atoms with Crippen LogP contribution in [0.1, 0.15) is 40.5 Å². The Morgan fingerprint density at radius 2 is 1.78 bits per heavy atom. The minimum absolute atomic E-state index is 0.483. The summed E-state index contributed by atoms with van der Waals surface area (Å²) in [4.78, 5) is 0. The van der Waals surface area contributed by atoms with Crippen molar-refractivity contribution in [3.63, 3.8) is 0 Å². The Morgan fingerprint density at radius 1 is 1.33 bits per heavy atom. The maximum Gasteiger partial charge on any atom is -0.0380 e. The third kappa shape index (κ3) is 5.88. The zero-order valence-electron chi connectivity index (χ0n) is 7.20. The third-order valence-electron chi connectivity index (χ3n) is 1.45. The van der Waals surface area contributed by atoms with Crippen molar-refractivity contribution in [2.45, 2.75) is 40.5 Å². The first-order valence-electron chi connectivity index (χ1n) is 3.75. The first-order valence-corrected chi connectivity index (χ1v) is 3.75. The molecule has 0 nitrogen and oxygen atoms in total. The summed E-state index contributed by atoms with van der Waals surface area (Å²) in [6.45, 7) is 13.0. The predicted molar refractivity (Wildman–Crippen MR) is 43.2 cm³/mol. The van der Waals surface area contributed by atoms with Crippen LogP contribution in [-0.4, -0.2) is 0 Å². The van der Waals surface area contributed by atoms with Gasteiger partial charge in [0.05, 0.1) is 0 Å². The fourth-order valence-corrected chi connectivity index (χ4v) is 1.15. The van der Waals surface area contributed by atoms with E-state index in [0.717, 1.165) is 12.3 Å². The van der Waals surface area contributed by atoms with Gasteiger partial charge in [-0.2, -0.15) is 0 Å². The van der Waals surface area contributed by atoms with Gasteiger partial charge >= 0.3 is 0 Å². The van der Waals surface area contributed by atoms with E-state index in [1.54, 1.807) is 0 Å². The molecule has 0 aliphatic carbocycles. The smallest absolute Gasteiger partial charge is 0.0380 e. The normalized spacial score (nSPS) is 15.7. The van der Waals surface area contributed by atoms with Gasteiger partial charge in [0.2, 0.25) is 0 Å². The summed E-state index contributed by atoms with van der Waals surface area (Å²) in [7, 11) is 0. The maximum absolute atomic E-state index is 3.87. The predicted octanol–water partition coefficient (Wildman–Crippen LogP) is 3.28. The second-order valence-corrected chi connectivity index (χ2v) is 4.16. The Morgan fingerprint density at radius 3 is 1.89 bits per heavy atom.